The van der Waals surface area contributed by atoms with Gasteiger partial charge < -0.3 is 13.6 Å². The fourth-order valence-corrected chi connectivity index (χ4v) is 5.43. The molecular formula is C23H29N3O2S. The van der Waals surface area contributed by atoms with Crippen LogP contribution < -0.4 is 0 Å². The first-order chi connectivity index (χ1) is 14.0. The predicted octanol–water partition coefficient (Wildman–Crippen LogP) is 5.65. The van der Waals surface area contributed by atoms with Crippen LogP contribution in [0, 0.1) is 27.7 Å². The van der Waals surface area contributed by atoms with Crippen molar-refractivity contribution in [3.05, 3.63) is 58.6 Å². The number of rotatable bonds is 7. The zero-order chi connectivity index (χ0) is 20.5. The lowest BCUT2D eigenvalue weighted by Gasteiger charge is -2.16. The molecule has 0 bridgehead atoms. The van der Waals surface area contributed by atoms with Crippen molar-refractivity contribution in [2.45, 2.75) is 71.1 Å². The Morgan fingerprint density at radius 3 is 2.66 bits per heavy atom. The summed E-state index contributed by atoms with van der Waals surface area (Å²) in [6.45, 7) is 8.92. The van der Waals surface area contributed by atoms with E-state index in [1.54, 1.807) is 18.0 Å². The molecular weight excluding hydrogens is 382 g/mol. The number of ketones is 1. The summed E-state index contributed by atoms with van der Waals surface area (Å²) in [6, 6.07) is 6.39. The summed E-state index contributed by atoms with van der Waals surface area (Å²) in [5.41, 5.74) is 5.18. The zero-order valence-electron chi connectivity index (χ0n) is 17.7. The lowest BCUT2D eigenvalue weighted by molar-refractivity contribution is 0.102. The first kappa shape index (κ1) is 20.1. The number of Topliss-reactive ketones (excluding diaryl/α,β-unsaturated/α-hetero) is 1. The number of nitrogens with zero attached hydrogens (tertiary/aromatic N) is 3. The maximum Gasteiger partial charge on any atom is 0.175 e. The van der Waals surface area contributed by atoms with E-state index in [-0.39, 0.29) is 5.78 Å². The smallest absolute Gasteiger partial charge is 0.175 e. The average Bonchev–Trinajstić information content (AvgIpc) is 3.47. The molecule has 0 aliphatic heterocycles. The topological polar surface area (TPSA) is 53.0 Å². The molecule has 154 valence electrons. The molecule has 3 heterocycles. The largest absolute Gasteiger partial charge is 0.467 e. The summed E-state index contributed by atoms with van der Waals surface area (Å²) in [6.07, 6.45) is 6.68. The molecule has 3 aromatic heterocycles. The summed E-state index contributed by atoms with van der Waals surface area (Å²) < 4.78 is 10.00. The lowest BCUT2D eigenvalue weighted by atomic mass is 10.2. The van der Waals surface area contributed by atoms with E-state index in [4.69, 9.17) is 9.40 Å². The van der Waals surface area contributed by atoms with Crippen LogP contribution >= 0.6 is 11.8 Å². The third-order valence-corrected chi connectivity index (χ3v) is 7.10. The molecule has 0 aromatic carbocycles. The van der Waals surface area contributed by atoms with Crippen LogP contribution in [0.15, 0.2) is 34.0 Å². The number of furan rings is 1. The number of imidazole rings is 1. The quantitative estimate of drug-likeness (QED) is 0.372. The van der Waals surface area contributed by atoms with E-state index in [0.29, 0.717) is 18.3 Å². The number of carbonyl (C=O) groups excluding carboxylic acids is 1. The molecule has 1 aliphatic rings. The molecule has 0 spiro atoms. The third-order valence-electron chi connectivity index (χ3n) is 6.14. The number of carbonyl (C=O) groups is 1. The van der Waals surface area contributed by atoms with E-state index in [2.05, 4.69) is 23.0 Å². The van der Waals surface area contributed by atoms with Crippen LogP contribution in [0.2, 0.25) is 0 Å². The van der Waals surface area contributed by atoms with E-state index in [1.165, 1.54) is 31.4 Å². The molecule has 3 aromatic rings. The van der Waals surface area contributed by atoms with Crippen molar-refractivity contribution in [1.82, 2.24) is 14.1 Å². The molecule has 0 N–H and O–H groups in total. The summed E-state index contributed by atoms with van der Waals surface area (Å²) in [7, 11) is 0. The zero-order valence-corrected chi connectivity index (χ0v) is 18.5. The van der Waals surface area contributed by atoms with Gasteiger partial charge in [0.15, 0.2) is 10.9 Å². The van der Waals surface area contributed by atoms with Gasteiger partial charge in [0, 0.05) is 28.7 Å². The molecule has 1 aliphatic carbocycles. The molecule has 0 radical (unpaired) electrons. The molecule has 0 unspecified atom stereocenters. The maximum atomic E-state index is 13.0. The Balaban J connectivity index is 1.50. The summed E-state index contributed by atoms with van der Waals surface area (Å²) in [4.78, 5) is 17.8. The van der Waals surface area contributed by atoms with Gasteiger partial charge in [-0.25, -0.2) is 4.98 Å². The number of aromatic nitrogens is 3. The van der Waals surface area contributed by atoms with Crippen LogP contribution in [0.3, 0.4) is 0 Å². The Hall–Kier alpha value is -2.21. The van der Waals surface area contributed by atoms with Gasteiger partial charge in [-0.2, -0.15) is 0 Å². The highest BCUT2D eigenvalue weighted by Crippen LogP contribution is 2.35. The van der Waals surface area contributed by atoms with E-state index in [9.17, 15) is 4.79 Å². The van der Waals surface area contributed by atoms with Crippen LogP contribution in [0.5, 0.6) is 0 Å². The minimum Gasteiger partial charge on any atom is -0.467 e. The Kier molecular flexibility index (Phi) is 5.72. The summed E-state index contributed by atoms with van der Waals surface area (Å²) in [5, 5.41) is 0.990. The first-order valence-electron chi connectivity index (χ1n) is 10.4. The molecule has 6 heteroatoms. The van der Waals surface area contributed by atoms with Crippen molar-refractivity contribution in [2.75, 3.05) is 5.75 Å². The lowest BCUT2D eigenvalue weighted by Crippen LogP contribution is -2.10. The Labute approximate surface area is 176 Å². The average molecular weight is 412 g/mol. The van der Waals surface area contributed by atoms with Crippen molar-refractivity contribution < 1.29 is 9.21 Å². The molecule has 0 saturated heterocycles. The second-order valence-electron chi connectivity index (χ2n) is 8.04. The van der Waals surface area contributed by atoms with E-state index in [1.807, 2.05) is 32.0 Å². The van der Waals surface area contributed by atoms with Crippen molar-refractivity contribution in [3.63, 3.8) is 0 Å². The fourth-order valence-electron chi connectivity index (χ4n) is 4.38. The van der Waals surface area contributed by atoms with Crippen molar-refractivity contribution in [2.24, 2.45) is 0 Å². The van der Waals surface area contributed by atoms with Gasteiger partial charge in [-0.1, -0.05) is 24.6 Å². The minimum absolute atomic E-state index is 0.157. The summed E-state index contributed by atoms with van der Waals surface area (Å²) in [5.74, 6) is 1.46. The van der Waals surface area contributed by atoms with E-state index in [0.717, 1.165) is 33.6 Å². The third kappa shape index (κ3) is 3.95. The monoisotopic (exact) mass is 411 g/mol. The number of aryl methyl sites for hydroxylation is 2. The number of hydrogen-bond acceptors (Lipinski definition) is 4. The van der Waals surface area contributed by atoms with Gasteiger partial charge in [-0.3, -0.25) is 4.79 Å². The molecule has 1 fully saturated rings. The highest BCUT2D eigenvalue weighted by molar-refractivity contribution is 7.99. The minimum atomic E-state index is 0.157. The predicted molar refractivity (Wildman–Crippen MR) is 116 cm³/mol. The van der Waals surface area contributed by atoms with Gasteiger partial charge in [0.1, 0.15) is 5.76 Å². The van der Waals surface area contributed by atoms with Gasteiger partial charge in [0.05, 0.1) is 24.3 Å². The number of thioether (sulfide) groups is 1. The second kappa shape index (κ2) is 8.27. The van der Waals surface area contributed by atoms with Gasteiger partial charge in [0.25, 0.3) is 0 Å². The SMILES string of the molecule is Cc1nc(SCC(=O)c2cc(C)n(Cc3ccco3)c2C)n(C2CCCC2)c1C. The maximum absolute atomic E-state index is 13.0. The van der Waals surface area contributed by atoms with Gasteiger partial charge in [0.2, 0.25) is 0 Å². The number of hydrogen-bond donors (Lipinski definition) is 0. The molecule has 4 rings (SSSR count). The molecule has 0 atom stereocenters. The normalized spacial score (nSPS) is 14.8. The van der Waals surface area contributed by atoms with Gasteiger partial charge >= 0.3 is 0 Å². The first-order valence-corrected chi connectivity index (χ1v) is 11.3. The van der Waals surface area contributed by atoms with Crippen molar-refractivity contribution in [1.29, 1.82) is 0 Å². The molecule has 0 amide bonds. The van der Waals surface area contributed by atoms with E-state index < -0.39 is 0 Å². The standard InChI is InChI=1S/C23H29N3O2S/c1-15-12-21(18(4)25(15)13-20-10-7-11-28-20)22(27)14-29-23-24-16(2)17(3)26(23)19-8-5-6-9-19/h7,10-12,19H,5-6,8-9,13-14H2,1-4H3. The summed E-state index contributed by atoms with van der Waals surface area (Å²) >= 11 is 1.58. The molecule has 5 nitrogen and oxygen atoms in total. The van der Waals surface area contributed by atoms with E-state index >= 15 is 0 Å². The molecule has 1 saturated carbocycles. The van der Waals surface area contributed by atoms with Crippen molar-refractivity contribution in [3.8, 4) is 0 Å². The van der Waals surface area contributed by atoms with Crippen molar-refractivity contribution >= 4 is 17.5 Å². The van der Waals surface area contributed by atoms with Crippen LogP contribution in [-0.4, -0.2) is 25.7 Å². The van der Waals surface area contributed by atoms with Crippen LogP contribution in [0.4, 0.5) is 0 Å². The second-order valence-corrected chi connectivity index (χ2v) is 8.98. The highest BCUT2D eigenvalue weighted by atomic mass is 32.2. The van der Waals surface area contributed by atoms with Crippen LogP contribution in [0.25, 0.3) is 0 Å². The van der Waals surface area contributed by atoms with Crippen LogP contribution in [-0.2, 0) is 6.54 Å². The Bertz CT molecular complexity index is 1010. The molecule has 29 heavy (non-hydrogen) atoms. The van der Waals surface area contributed by atoms with Gasteiger partial charge in [-0.05, 0) is 58.7 Å². The Morgan fingerprint density at radius 2 is 1.97 bits per heavy atom. The highest BCUT2D eigenvalue weighted by Gasteiger charge is 2.24. The van der Waals surface area contributed by atoms with Crippen LogP contribution in [0.1, 0.15) is 70.6 Å². The van der Waals surface area contributed by atoms with Gasteiger partial charge in [-0.15, -0.1) is 0 Å². The Morgan fingerprint density at radius 1 is 1.21 bits per heavy atom. The fraction of sp³-hybridized carbons (Fsp3) is 0.478.